The van der Waals surface area contributed by atoms with Gasteiger partial charge in [0.15, 0.2) is 5.58 Å². The molecule has 1 heterocycles. The van der Waals surface area contributed by atoms with Gasteiger partial charge >= 0.3 is 5.76 Å². The number of benzene rings is 1. The smallest absolute Gasteiger partial charge is 0.408 e. The molecule has 0 unspecified atom stereocenters. The third kappa shape index (κ3) is 2.27. The van der Waals surface area contributed by atoms with Crippen molar-refractivity contribution >= 4 is 11.1 Å². The SMILES string of the molecule is CNCCCc1ccc2oc(=O)[nH]c2c1. The van der Waals surface area contributed by atoms with E-state index in [1.54, 1.807) is 0 Å². The average molecular weight is 206 g/mol. The number of fused-ring (bicyclic) bond motifs is 1. The summed E-state index contributed by atoms with van der Waals surface area (Å²) in [4.78, 5) is 13.6. The number of hydrogen-bond acceptors (Lipinski definition) is 3. The van der Waals surface area contributed by atoms with Crippen LogP contribution in [0.1, 0.15) is 12.0 Å². The van der Waals surface area contributed by atoms with E-state index in [4.69, 9.17) is 4.42 Å². The second-order valence-electron chi connectivity index (χ2n) is 3.55. The highest BCUT2D eigenvalue weighted by Crippen LogP contribution is 2.13. The van der Waals surface area contributed by atoms with Gasteiger partial charge in [-0.2, -0.15) is 0 Å². The van der Waals surface area contributed by atoms with Crippen molar-refractivity contribution in [3.05, 3.63) is 34.3 Å². The van der Waals surface area contributed by atoms with Crippen LogP contribution < -0.4 is 11.1 Å². The lowest BCUT2D eigenvalue weighted by atomic mass is 10.1. The summed E-state index contributed by atoms with van der Waals surface area (Å²) in [7, 11) is 1.94. The number of aromatic amines is 1. The summed E-state index contributed by atoms with van der Waals surface area (Å²) in [5, 5.41) is 3.10. The van der Waals surface area contributed by atoms with Crippen molar-refractivity contribution in [1.29, 1.82) is 0 Å². The van der Waals surface area contributed by atoms with Crippen LogP contribution in [0.3, 0.4) is 0 Å². The van der Waals surface area contributed by atoms with Crippen molar-refractivity contribution in [1.82, 2.24) is 10.3 Å². The predicted molar refractivity (Wildman–Crippen MR) is 59.1 cm³/mol. The number of rotatable bonds is 4. The molecule has 0 bridgehead atoms. The summed E-state index contributed by atoms with van der Waals surface area (Å²) in [6.07, 6.45) is 2.09. The van der Waals surface area contributed by atoms with Crippen LogP contribution in [0, 0.1) is 0 Å². The van der Waals surface area contributed by atoms with Crippen LogP contribution >= 0.6 is 0 Å². The Morgan fingerprint density at radius 1 is 1.47 bits per heavy atom. The van der Waals surface area contributed by atoms with Gasteiger partial charge in [0, 0.05) is 0 Å². The first-order valence-corrected chi connectivity index (χ1v) is 5.06. The fraction of sp³-hybridized carbons (Fsp3) is 0.364. The Balaban J connectivity index is 2.19. The molecule has 1 aromatic heterocycles. The zero-order valence-corrected chi connectivity index (χ0v) is 8.67. The molecule has 0 saturated carbocycles. The zero-order chi connectivity index (χ0) is 10.7. The summed E-state index contributed by atoms with van der Waals surface area (Å²) in [5.41, 5.74) is 2.62. The van der Waals surface area contributed by atoms with E-state index >= 15 is 0 Å². The highest BCUT2D eigenvalue weighted by Gasteiger charge is 2.01. The average Bonchev–Trinajstić information content (AvgIpc) is 2.57. The van der Waals surface area contributed by atoms with Crippen LogP contribution in [0.5, 0.6) is 0 Å². The number of aromatic nitrogens is 1. The molecule has 0 aliphatic carbocycles. The van der Waals surface area contributed by atoms with Crippen LogP contribution in [0.25, 0.3) is 11.1 Å². The Bertz CT molecular complexity index is 499. The van der Waals surface area contributed by atoms with Gasteiger partial charge in [-0.3, -0.25) is 4.98 Å². The number of H-pyrrole nitrogens is 1. The minimum Gasteiger partial charge on any atom is -0.408 e. The van der Waals surface area contributed by atoms with Gasteiger partial charge < -0.3 is 9.73 Å². The molecule has 0 atom stereocenters. The third-order valence-electron chi connectivity index (χ3n) is 2.38. The fourth-order valence-electron chi connectivity index (χ4n) is 1.62. The van der Waals surface area contributed by atoms with Crippen molar-refractivity contribution in [2.75, 3.05) is 13.6 Å². The minimum absolute atomic E-state index is 0.391. The number of oxazole rings is 1. The largest absolute Gasteiger partial charge is 0.417 e. The normalized spacial score (nSPS) is 11.0. The molecule has 0 amide bonds. The van der Waals surface area contributed by atoms with Crippen molar-refractivity contribution in [3.8, 4) is 0 Å². The molecule has 1 aromatic carbocycles. The molecular formula is C11H14N2O2. The van der Waals surface area contributed by atoms with Gasteiger partial charge in [-0.25, -0.2) is 4.79 Å². The maximum atomic E-state index is 10.9. The molecule has 0 aliphatic rings. The van der Waals surface area contributed by atoms with E-state index in [9.17, 15) is 4.79 Å². The molecule has 0 fully saturated rings. The van der Waals surface area contributed by atoms with Crippen LogP contribution in [-0.4, -0.2) is 18.6 Å². The van der Waals surface area contributed by atoms with E-state index in [1.807, 2.05) is 25.2 Å². The molecular weight excluding hydrogens is 192 g/mol. The Labute approximate surface area is 87.3 Å². The van der Waals surface area contributed by atoms with E-state index in [1.165, 1.54) is 5.56 Å². The van der Waals surface area contributed by atoms with E-state index in [-0.39, 0.29) is 0 Å². The van der Waals surface area contributed by atoms with Gasteiger partial charge in [0.2, 0.25) is 0 Å². The number of aryl methyl sites for hydroxylation is 1. The van der Waals surface area contributed by atoms with Gasteiger partial charge in [0.1, 0.15) is 0 Å². The van der Waals surface area contributed by atoms with Gasteiger partial charge in [-0.05, 0) is 44.1 Å². The van der Waals surface area contributed by atoms with Crippen molar-refractivity contribution < 1.29 is 4.42 Å². The third-order valence-corrected chi connectivity index (χ3v) is 2.38. The lowest BCUT2D eigenvalue weighted by Crippen LogP contribution is -2.08. The lowest BCUT2D eigenvalue weighted by Gasteiger charge is -2.00. The highest BCUT2D eigenvalue weighted by molar-refractivity contribution is 5.72. The molecule has 0 spiro atoms. The molecule has 0 saturated heterocycles. The standard InChI is InChI=1S/C11H14N2O2/c1-12-6-2-3-8-4-5-10-9(7-8)13-11(14)15-10/h4-5,7,12H,2-3,6H2,1H3,(H,13,14). The number of nitrogens with one attached hydrogen (secondary N) is 2. The molecule has 2 N–H and O–H groups in total. The first-order valence-electron chi connectivity index (χ1n) is 5.06. The Morgan fingerprint density at radius 2 is 2.33 bits per heavy atom. The fourth-order valence-corrected chi connectivity index (χ4v) is 1.62. The Hall–Kier alpha value is -1.55. The highest BCUT2D eigenvalue weighted by atomic mass is 16.4. The van der Waals surface area contributed by atoms with Crippen molar-refractivity contribution in [3.63, 3.8) is 0 Å². The maximum Gasteiger partial charge on any atom is 0.417 e. The van der Waals surface area contributed by atoms with Crippen LogP contribution in [-0.2, 0) is 6.42 Å². The molecule has 0 radical (unpaired) electrons. The molecule has 2 rings (SSSR count). The van der Waals surface area contributed by atoms with E-state index in [2.05, 4.69) is 10.3 Å². The first-order chi connectivity index (χ1) is 7.29. The molecule has 80 valence electrons. The molecule has 15 heavy (non-hydrogen) atoms. The predicted octanol–water partition coefficient (Wildman–Crippen LogP) is 1.27. The van der Waals surface area contributed by atoms with Crippen molar-refractivity contribution in [2.24, 2.45) is 0 Å². The minimum atomic E-state index is -0.391. The van der Waals surface area contributed by atoms with Gasteiger partial charge in [-0.1, -0.05) is 6.07 Å². The zero-order valence-electron chi connectivity index (χ0n) is 8.67. The monoisotopic (exact) mass is 206 g/mol. The number of hydrogen-bond donors (Lipinski definition) is 2. The maximum absolute atomic E-state index is 10.9. The molecule has 2 aromatic rings. The van der Waals surface area contributed by atoms with Crippen LogP contribution in [0.15, 0.2) is 27.4 Å². The van der Waals surface area contributed by atoms with Crippen molar-refractivity contribution in [2.45, 2.75) is 12.8 Å². The Morgan fingerprint density at radius 3 is 3.13 bits per heavy atom. The second-order valence-corrected chi connectivity index (χ2v) is 3.55. The van der Waals surface area contributed by atoms with E-state index in [0.29, 0.717) is 5.58 Å². The summed E-state index contributed by atoms with van der Waals surface area (Å²) in [6, 6.07) is 5.80. The molecule has 4 heteroatoms. The van der Waals surface area contributed by atoms with Crippen LogP contribution in [0.4, 0.5) is 0 Å². The summed E-state index contributed by atoms with van der Waals surface area (Å²) in [5.74, 6) is -0.391. The molecule has 0 aliphatic heterocycles. The van der Waals surface area contributed by atoms with Crippen LogP contribution in [0.2, 0.25) is 0 Å². The van der Waals surface area contributed by atoms with E-state index < -0.39 is 5.76 Å². The lowest BCUT2D eigenvalue weighted by molar-refractivity contribution is 0.555. The first kappa shape index (κ1) is 9.98. The molecule has 4 nitrogen and oxygen atoms in total. The van der Waals surface area contributed by atoms with E-state index in [0.717, 1.165) is 24.9 Å². The van der Waals surface area contributed by atoms with Gasteiger partial charge in [0.25, 0.3) is 0 Å². The Kier molecular flexibility index (Phi) is 2.87. The quantitative estimate of drug-likeness (QED) is 0.741. The summed E-state index contributed by atoms with van der Waals surface area (Å²) >= 11 is 0. The summed E-state index contributed by atoms with van der Waals surface area (Å²) < 4.78 is 4.93. The van der Waals surface area contributed by atoms with Gasteiger partial charge in [0.05, 0.1) is 5.52 Å². The topological polar surface area (TPSA) is 58.0 Å². The summed E-state index contributed by atoms with van der Waals surface area (Å²) in [6.45, 7) is 1.000. The second kappa shape index (κ2) is 4.31. The van der Waals surface area contributed by atoms with Gasteiger partial charge in [-0.15, -0.1) is 0 Å².